The van der Waals surface area contributed by atoms with Crippen LogP contribution >= 0.6 is 0 Å². The first kappa shape index (κ1) is 27.3. The van der Waals surface area contributed by atoms with E-state index in [4.69, 9.17) is 11.2 Å². The lowest BCUT2D eigenvalue weighted by Crippen LogP contribution is -2.36. The second-order valence-electron chi connectivity index (χ2n) is 8.07. The zero-order chi connectivity index (χ0) is 27.1. The number of hydrogen-bond donors (Lipinski definition) is 1. The van der Waals surface area contributed by atoms with Gasteiger partial charge in [-0.3, -0.25) is 9.36 Å². The van der Waals surface area contributed by atoms with Gasteiger partial charge < -0.3 is 15.0 Å². The van der Waals surface area contributed by atoms with Crippen LogP contribution < -0.4 is 15.0 Å². The second-order valence-corrected chi connectivity index (χ2v) is 8.07. The van der Waals surface area contributed by atoms with Crippen molar-refractivity contribution in [1.29, 1.82) is 0 Å². The average molecular weight is 513 g/mol. The van der Waals surface area contributed by atoms with E-state index in [1.54, 1.807) is 32.0 Å². The molecule has 4 rings (SSSR count). The Labute approximate surface area is 213 Å². The number of fused-ring (bicyclic) bond motifs is 1. The summed E-state index contributed by atoms with van der Waals surface area (Å²) in [4.78, 5) is 26.1. The summed E-state index contributed by atoms with van der Waals surface area (Å²) >= 11 is 0. The van der Waals surface area contributed by atoms with Crippen molar-refractivity contribution in [2.75, 3.05) is 30.4 Å². The topological polar surface area (TPSA) is 85.2 Å². The molecule has 194 valence electrons. The summed E-state index contributed by atoms with van der Waals surface area (Å²) in [6.07, 6.45) is 10.5. The molecule has 0 radical (unpaired) electrons. The maximum atomic E-state index is 13.4. The summed E-state index contributed by atoms with van der Waals surface area (Å²) in [5.41, 5.74) is 2.05. The highest BCUT2D eigenvalue weighted by Gasteiger charge is 2.22. The predicted octanol–water partition coefficient (Wildman–Crippen LogP) is 4.62. The summed E-state index contributed by atoms with van der Waals surface area (Å²) in [7, 11) is 1.78. The van der Waals surface area contributed by atoms with Crippen molar-refractivity contribution in [3.63, 3.8) is 0 Å². The van der Waals surface area contributed by atoms with Crippen molar-refractivity contribution >= 4 is 23.5 Å². The highest BCUT2D eigenvalue weighted by Crippen LogP contribution is 2.27. The summed E-state index contributed by atoms with van der Waals surface area (Å²) < 4.78 is 46.6. The molecule has 0 spiro atoms. The number of carbonyl (C=O) groups is 1. The van der Waals surface area contributed by atoms with E-state index in [-0.39, 0.29) is 24.1 Å². The minimum Gasteiger partial charge on any atom is -0.490 e. The number of nitrogens with one attached hydrogen (secondary N) is 1. The molecule has 0 atom stereocenters. The number of carbonyl (C=O) groups excluding carboxylic acids is 1. The molecule has 2 aromatic heterocycles. The number of aromatic nitrogens is 4. The van der Waals surface area contributed by atoms with Crippen LogP contribution in [0.5, 0.6) is 5.75 Å². The van der Waals surface area contributed by atoms with Crippen molar-refractivity contribution in [3.05, 3.63) is 59.1 Å². The van der Waals surface area contributed by atoms with E-state index in [1.807, 2.05) is 12.8 Å². The van der Waals surface area contributed by atoms with E-state index in [0.717, 1.165) is 18.6 Å². The van der Waals surface area contributed by atoms with Gasteiger partial charge in [0.05, 0.1) is 36.4 Å². The van der Waals surface area contributed by atoms with Gasteiger partial charge in [-0.05, 0) is 37.8 Å². The van der Waals surface area contributed by atoms with Gasteiger partial charge in [-0.25, -0.2) is 18.7 Å². The van der Waals surface area contributed by atoms with Gasteiger partial charge in [0.2, 0.25) is 11.9 Å². The number of imidazole rings is 1. The van der Waals surface area contributed by atoms with Crippen LogP contribution in [-0.2, 0) is 11.2 Å². The quantitative estimate of drug-likeness (QED) is 0.486. The van der Waals surface area contributed by atoms with Crippen molar-refractivity contribution in [1.82, 2.24) is 19.5 Å². The van der Waals surface area contributed by atoms with Crippen molar-refractivity contribution in [2.45, 2.75) is 33.6 Å². The number of terminal acetylenes is 1. The molecule has 1 aliphatic rings. The lowest BCUT2D eigenvalue weighted by atomic mass is 10.1. The van der Waals surface area contributed by atoms with Gasteiger partial charge >= 0.3 is 0 Å². The highest BCUT2D eigenvalue weighted by molar-refractivity contribution is 5.99. The second kappa shape index (κ2) is 12.1. The number of ether oxygens (including phenoxy) is 1. The van der Waals surface area contributed by atoms with Crippen LogP contribution in [-0.4, -0.2) is 45.6 Å². The number of likely N-dealkylation sites (N-methyl/N-ethyl adjacent to an activating group) is 1. The summed E-state index contributed by atoms with van der Waals surface area (Å²) in [6.45, 7) is 6.06. The molecule has 37 heavy (non-hydrogen) atoms. The predicted molar refractivity (Wildman–Crippen MR) is 135 cm³/mol. The Morgan fingerprint density at radius 3 is 2.68 bits per heavy atom. The standard InChI is InChI=1S/C15H13FN6O.C11H14F2O/c1-4-10(16)5-11-9(2)18-8-22(11)15-17-6-12-14(20-15)19-13(23)7-21(12)3;1-3-7-14-11-8(4-2)9(12)5-6-10(11)13/h1,5-6,8H,7H2,2-3H3,(H,17,19,20,23);5-6H,3-4,7H2,1-2H3/b10-5+;. The van der Waals surface area contributed by atoms with Crippen LogP contribution in [0, 0.1) is 30.9 Å². The van der Waals surface area contributed by atoms with Crippen LogP contribution in [0.4, 0.5) is 24.7 Å². The average Bonchev–Trinajstić information content (AvgIpc) is 3.23. The Balaban J connectivity index is 0.000000233. The molecule has 11 heteroatoms. The molecule has 0 fully saturated rings. The molecular formula is C26H27F3N6O2. The number of rotatable bonds is 6. The van der Waals surface area contributed by atoms with Crippen LogP contribution in [0.2, 0.25) is 0 Å². The minimum absolute atomic E-state index is 0.0642. The number of allylic oxidation sites excluding steroid dienone is 1. The molecule has 1 amide bonds. The summed E-state index contributed by atoms with van der Waals surface area (Å²) in [5, 5.41) is 2.69. The molecule has 0 aliphatic carbocycles. The fourth-order valence-corrected chi connectivity index (χ4v) is 3.53. The number of halogens is 3. The Morgan fingerprint density at radius 1 is 1.27 bits per heavy atom. The van der Waals surface area contributed by atoms with Gasteiger partial charge in [-0.15, -0.1) is 6.42 Å². The van der Waals surface area contributed by atoms with Crippen molar-refractivity contribution in [2.24, 2.45) is 0 Å². The minimum atomic E-state index is -0.721. The lowest BCUT2D eigenvalue weighted by molar-refractivity contribution is -0.115. The Kier molecular flexibility index (Phi) is 8.90. The van der Waals surface area contributed by atoms with Crippen LogP contribution in [0.3, 0.4) is 0 Å². The van der Waals surface area contributed by atoms with Crippen LogP contribution in [0.15, 0.2) is 30.5 Å². The normalized spacial score (nSPS) is 12.8. The Bertz CT molecular complexity index is 1360. The number of hydrogen-bond acceptors (Lipinski definition) is 6. The monoisotopic (exact) mass is 512 g/mol. The van der Waals surface area contributed by atoms with Gasteiger partial charge in [0.15, 0.2) is 23.2 Å². The number of amides is 1. The maximum absolute atomic E-state index is 13.4. The van der Waals surface area contributed by atoms with E-state index < -0.39 is 17.5 Å². The van der Waals surface area contributed by atoms with E-state index >= 15 is 0 Å². The third kappa shape index (κ3) is 6.27. The lowest BCUT2D eigenvalue weighted by Gasteiger charge is -2.26. The molecule has 1 aliphatic heterocycles. The summed E-state index contributed by atoms with van der Waals surface area (Å²) in [6, 6.07) is 2.23. The first-order chi connectivity index (χ1) is 17.7. The molecule has 0 saturated heterocycles. The van der Waals surface area contributed by atoms with Crippen molar-refractivity contribution < 1.29 is 22.7 Å². The first-order valence-electron chi connectivity index (χ1n) is 11.6. The van der Waals surface area contributed by atoms with Gasteiger partial charge in [0, 0.05) is 18.7 Å². The Morgan fingerprint density at radius 2 is 2.00 bits per heavy atom. The molecule has 1 N–H and O–H groups in total. The van der Waals surface area contributed by atoms with Gasteiger partial charge in [0.1, 0.15) is 12.1 Å². The van der Waals surface area contributed by atoms with Crippen LogP contribution in [0.1, 0.15) is 37.2 Å². The van der Waals surface area contributed by atoms with E-state index in [0.29, 0.717) is 41.5 Å². The fourth-order valence-electron chi connectivity index (χ4n) is 3.53. The third-order valence-electron chi connectivity index (χ3n) is 5.38. The van der Waals surface area contributed by atoms with Gasteiger partial charge in [-0.2, -0.15) is 9.37 Å². The van der Waals surface area contributed by atoms with Crippen LogP contribution in [0.25, 0.3) is 12.0 Å². The van der Waals surface area contributed by atoms with Crippen molar-refractivity contribution in [3.8, 4) is 24.0 Å². The van der Waals surface area contributed by atoms with Gasteiger partial charge in [0.25, 0.3) is 0 Å². The maximum Gasteiger partial charge on any atom is 0.245 e. The zero-order valence-corrected chi connectivity index (χ0v) is 21.0. The molecule has 1 aromatic carbocycles. The smallest absolute Gasteiger partial charge is 0.245 e. The molecule has 3 heterocycles. The molecule has 3 aromatic rings. The highest BCUT2D eigenvalue weighted by atomic mass is 19.1. The molecular weight excluding hydrogens is 485 g/mol. The molecule has 0 bridgehead atoms. The number of aryl methyl sites for hydroxylation is 1. The molecule has 0 saturated carbocycles. The number of benzene rings is 1. The summed E-state index contributed by atoms with van der Waals surface area (Å²) in [5.74, 6) is 0.864. The van der Waals surface area contributed by atoms with E-state index in [2.05, 4.69) is 20.3 Å². The van der Waals surface area contributed by atoms with Gasteiger partial charge in [-0.1, -0.05) is 13.8 Å². The third-order valence-corrected chi connectivity index (χ3v) is 5.38. The SMILES string of the molecule is C#C/C(F)=C\c1c(C)ncn1-c1ncc2c(n1)NC(=O)CN2C.CCCOc1c(F)ccc(F)c1CC. The molecule has 0 unspecified atom stereocenters. The first-order valence-corrected chi connectivity index (χ1v) is 11.6. The molecule has 8 nitrogen and oxygen atoms in total. The zero-order valence-electron chi connectivity index (χ0n) is 21.0. The number of anilines is 2. The largest absolute Gasteiger partial charge is 0.490 e. The van der Waals surface area contributed by atoms with E-state index in [9.17, 15) is 18.0 Å². The van der Waals surface area contributed by atoms with E-state index in [1.165, 1.54) is 17.0 Å². The Hall–Kier alpha value is -4.33. The fraction of sp³-hybridized carbons (Fsp3) is 0.308. The number of nitrogens with zero attached hydrogens (tertiary/aromatic N) is 5.